The number of aromatic nitrogens is 1. The third-order valence-corrected chi connectivity index (χ3v) is 2.94. The molecule has 0 spiro atoms. The van der Waals surface area contributed by atoms with E-state index in [1.165, 1.54) is 19.3 Å². The molecule has 1 aromatic rings. The maximum Gasteiger partial charge on any atom is 0.282 e. The Kier molecular flexibility index (Phi) is 3.07. The Morgan fingerprint density at radius 1 is 1.38 bits per heavy atom. The summed E-state index contributed by atoms with van der Waals surface area (Å²) in [5.41, 5.74) is 0.591. The first kappa shape index (κ1) is 10.9. The summed E-state index contributed by atoms with van der Waals surface area (Å²) in [5.74, 6) is 0.545. The molecule has 1 saturated heterocycles. The molecule has 16 heavy (non-hydrogen) atoms. The SMILES string of the molecule is C[N+]1(Oc2cc(C#N)ccn2)CCCCC1. The van der Waals surface area contributed by atoms with Gasteiger partial charge in [0, 0.05) is 25.1 Å². The Labute approximate surface area is 95.6 Å². The molecule has 0 saturated carbocycles. The van der Waals surface area contributed by atoms with Crippen molar-refractivity contribution in [2.45, 2.75) is 19.3 Å². The lowest BCUT2D eigenvalue weighted by molar-refractivity contribution is -1.07. The molecule has 0 N–H and O–H groups in total. The van der Waals surface area contributed by atoms with Gasteiger partial charge < -0.3 is 0 Å². The zero-order chi connectivity index (χ0) is 11.4. The molecule has 4 nitrogen and oxygen atoms in total. The van der Waals surface area contributed by atoms with Crippen LogP contribution in [-0.4, -0.2) is 29.8 Å². The number of piperidine rings is 1. The van der Waals surface area contributed by atoms with Crippen LogP contribution < -0.4 is 4.84 Å². The molecule has 0 aliphatic carbocycles. The highest BCUT2D eigenvalue weighted by atomic mass is 16.7. The average Bonchev–Trinajstić information content (AvgIpc) is 2.29. The summed E-state index contributed by atoms with van der Waals surface area (Å²) in [5, 5.41) is 8.79. The van der Waals surface area contributed by atoms with Gasteiger partial charge in [-0.1, -0.05) is 0 Å². The third-order valence-electron chi connectivity index (χ3n) is 2.94. The van der Waals surface area contributed by atoms with Crippen LogP contribution in [0.25, 0.3) is 0 Å². The van der Waals surface area contributed by atoms with Gasteiger partial charge in [0.1, 0.15) is 20.1 Å². The molecular weight excluding hydrogens is 202 g/mol. The van der Waals surface area contributed by atoms with Crippen molar-refractivity contribution in [3.05, 3.63) is 23.9 Å². The lowest BCUT2D eigenvalue weighted by Gasteiger charge is -2.34. The second-order valence-electron chi connectivity index (χ2n) is 4.39. The minimum Gasteiger partial charge on any atom is -0.295 e. The number of hydrogen-bond donors (Lipinski definition) is 0. The van der Waals surface area contributed by atoms with Crippen molar-refractivity contribution in [3.8, 4) is 11.9 Å². The van der Waals surface area contributed by atoms with Gasteiger partial charge in [0.15, 0.2) is 0 Å². The lowest BCUT2D eigenvalue weighted by Crippen LogP contribution is -2.50. The molecule has 4 heteroatoms. The van der Waals surface area contributed by atoms with Crippen molar-refractivity contribution in [2.75, 3.05) is 20.1 Å². The first-order valence-electron chi connectivity index (χ1n) is 5.62. The summed E-state index contributed by atoms with van der Waals surface area (Å²) < 4.78 is 0.571. The van der Waals surface area contributed by atoms with Gasteiger partial charge in [0.05, 0.1) is 11.6 Å². The number of likely N-dealkylation sites (tertiary alicyclic amines) is 1. The van der Waals surface area contributed by atoms with Crippen molar-refractivity contribution in [2.24, 2.45) is 0 Å². The van der Waals surface area contributed by atoms with E-state index in [0.717, 1.165) is 13.1 Å². The molecule has 0 unspecified atom stereocenters. The summed E-state index contributed by atoms with van der Waals surface area (Å²) in [7, 11) is 2.07. The van der Waals surface area contributed by atoms with Gasteiger partial charge in [0.25, 0.3) is 5.88 Å². The minimum atomic E-state index is 0.545. The van der Waals surface area contributed by atoms with Crippen LogP contribution in [0.15, 0.2) is 18.3 Å². The molecule has 0 aromatic carbocycles. The number of nitrogens with zero attached hydrogens (tertiary/aromatic N) is 3. The molecule has 1 aliphatic heterocycles. The Bertz CT molecular complexity index is 405. The predicted octanol–water partition coefficient (Wildman–Crippen LogP) is 1.88. The van der Waals surface area contributed by atoms with Gasteiger partial charge >= 0.3 is 0 Å². The summed E-state index contributed by atoms with van der Waals surface area (Å²) in [4.78, 5) is 10.00. The molecular formula is C12H16N3O+. The van der Waals surface area contributed by atoms with E-state index in [4.69, 9.17) is 10.1 Å². The first-order chi connectivity index (χ1) is 7.72. The third kappa shape index (κ3) is 2.50. The number of pyridine rings is 1. The van der Waals surface area contributed by atoms with Crippen molar-refractivity contribution >= 4 is 0 Å². The van der Waals surface area contributed by atoms with Crippen molar-refractivity contribution in [1.29, 1.82) is 5.26 Å². The molecule has 84 valence electrons. The number of nitriles is 1. The van der Waals surface area contributed by atoms with E-state index in [1.54, 1.807) is 18.3 Å². The van der Waals surface area contributed by atoms with Gasteiger partial charge in [-0.15, -0.1) is 4.65 Å². The molecule has 2 heterocycles. The number of hydroxylamine groups is 3. The van der Waals surface area contributed by atoms with Gasteiger partial charge in [-0.25, -0.2) is 4.98 Å². The largest absolute Gasteiger partial charge is 0.295 e. The van der Waals surface area contributed by atoms with Crippen molar-refractivity contribution < 1.29 is 9.48 Å². The predicted molar refractivity (Wildman–Crippen MR) is 59.3 cm³/mol. The van der Waals surface area contributed by atoms with Gasteiger partial charge in [-0.2, -0.15) is 5.26 Å². The average molecular weight is 218 g/mol. The Balaban J connectivity index is 2.10. The fourth-order valence-electron chi connectivity index (χ4n) is 2.03. The van der Waals surface area contributed by atoms with E-state index in [-0.39, 0.29) is 0 Å². The van der Waals surface area contributed by atoms with Crippen LogP contribution in [0.5, 0.6) is 5.88 Å². The zero-order valence-corrected chi connectivity index (χ0v) is 9.52. The van der Waals surface area contributed by atoms with Crippen LogP contribution in [0, 0.1) is 11.3 Å². The van der Waals surface area contributed by atoms with Crippen LogP contribution in [0.4, 0.5) is 0 Å². The van der Waals surface area contributed by atoms with Crippen LogP contribution in [0.1, 0.15) is 24.8 Å². The Morgan fingerprint density at radius 3 is 2.81 bits per heavy atom. The minimum absolute atomic E-state index is 0.545. The fraction of sp³-hybridized carbons (Fsp3) is 0.500. The Hall–Kier alpha value is -1.60. The van der Waals surface area contributed by atoms with Gasteiger partial charge in [-0.3, -0.25) is 4.84 Å². The summed E-state index contributed by atoms with van der Waals surface area (Å²) >= 11 is 0. The number of rotatable bonds is 2. The second-order valence-corrected chi connectivity index (χ2v) is 4.39. The van der Waals surface area contributed by atoms with E-state index >= 15 is 0 Å². The van der Waals surface area contributed by atoms with E-state index in [9.17, 15) is 0 Å². The number of hydrogen-bond acceptors (Lipinski definition) is 3. The summed E-state index contributed by atoms with van der Waals surface area (Å²) in [6, 6.07) is 5.47. The van der Waals surface area contributed by atoms with Crippen LogP contribution >= 0.6 is 0 Å². The highest BCUT2D eigenvalue weighted by Gasteiger charge is 2.28. The van der Waals surface area contributed by atoms with Gasteiger partial charge in [0.2, 0.25) is 0 Å². The second kappa shape index (κ2) is 4.50. The Morgan fingerprint density at radius 2 is 2.12 bits per heavy atom. The molecule has 0 atom stereocenters. The number of quaternary nitrogens is 1. The molecule has 0 amide bonds. The molecule has 1 fully saturated rings. The van der Waals surface area contributed by atoms with Crippen LogP contribution in [-0.2, 0) is 0 Å². The van der Waals surface area contributed by atoms with E-state index in [0.29, 0.717) is 16.1 Å². The van der Waals surface area contributed by atoms with E-state index in [1.807, 2.05) is 0 Å². The quantitative estimate of drug-likeness (QED) is 0.712. The van der Waals surface area contributed by atoms with Crippen molar-refractivity contribution in [3.63, 3.8) is 0 Å². The topological polar surface area (TPSA) is 45.9 Å². The molecule has 1 aliphatic rings. The van der Waals surface area contributed by atoms with Crippen molar-refractivity contribution in [1.82, 2.24) is 4.98 Å². The van der Waals surface area contributed by atoms with Crippen LogP contribution in [0.2, 0.25) is 0 Å². The monoisotopic (exact) mass is 218 g/mol. The highest BCUT2D eigenvalue weighted by molar-refractivity contribution is 5.30. The van der Waals surface area contributed by atoms with E-state index < -0.39 is 0 Å². The summed E-state index contributed by atoms with van der Waals surface area (Å²) in [6.07, 6.45) is 5.27. The highest BCUT2D eigenvalue weighted by Crippen LogP contribution is 2.20. The molecule has 0 radical (unpaired) electrons. The smallest absolute Gasteiger partial charge is 0.282 e. The maximum atomic E-state index is 8.79. The lowest BCUT2D eigenvalue weighted by atomic mass is 10.1. The molecule has 0 bridgehead atoms. The summed E-state index contributed by atoms with van der Waals surface area (Å²) in [6.45, 7) is 2.02. The zero-order valence-electron chi connectivity index (χ0n) is 9.52. The normalized spacial score (nSPS) is 18.8. The maximum absolute atomic E-state index is 8.79. The standard InChI is InChI=1S/C12H16N3O/c1-15(7-3-2-4-8-15)16-12-9-11(10-13)5-6-14-12/h5-6,9H,2-4,7-8H2,1H3/q+1. The van der Waals surface area contributed by atoms with Crippen LogP contribution in [0.3, 0.4) is 0 Å². The molecule has 2 rings (SSSR count). The fourth-order valence-corrected chi connectivity index (χ4v) is 2.03. The molecule has 1 aromatic heterocycles. The first-order valence-corrected chi connectivity index (χ1v) is 5.62. The van der Waals surface area contributed by atoms with Gasteiger partial charge in [-0.05, 0) is 12.5 Å². The van der Waals surface area contributed by atoms with E-state index in [2.05, 4.69) is 18.1 Å².